The van der Waals surface area contributed by atoms with Gasteiger partial charge in [-0.1, -0.05) is 56.3 Å². The van der Waals surface area contributed by atoms with Crippen molar-refractivity contribution in [3.05, 3.63) is 65.2 Å². The molecule has 0 aliphatic carbocycles. The first-order valence-electron chi connectivity index (χ1n) is 8.68. The van der Waals surface area contributed by atoms with Gasteiger partial charge in [-0.3, -0.25) is 4.79 Å². The number of hydrogen-bond acceptors (Lipinski definition) is 4. The lowest BCUT2D eigenvalue weighted by Crippen LogP contribution is -2.21. The predicted octanol–water partition coefficient (Wildman–Crippen LogP) is 3.24. The molecule has 2 N–H and O–H groups in total. The monoisotopic (exact) mass is 342 g/mol. The number of aliphatic hydroxyl groups excluding tert-OH is 2. The molecule has 0 radical (unpaired) electrons. The number of ketones is 1. The van der Waals surface area contributed by atoms with Crippen LogP contribution in [0.5, 0.6) is 5.75 Å². The second kappa shape index (κ2) is 9.35. The zero-order chi connectivity index (χ0) is 18.2. The van der Waals surface area contributed by atoms with E-state index in [9.17, 15) is 9.90 Å². The van der Waals surface area contributed by atoms with Crippen LogP contribution >= 0.6 is 0 Å². The molecule has 0 fully saturated rings. The van der Waals surface area contributed by atoms with Gasteiger partial charge in [0.05, 0.1) is 6.61 Å². The fourth-order valence-electron chi connectivity index (χ4n) is 2.51. The molecule has 2 aromatic rings. The van der Waals surface area contributed by atoms with Crippen molar-refractivity contribution in [1.82, 2.24) is 0 Å². The van der Waals surface area contributed by atoms with Gasteiger partial charge in [0.25, 0.3) is 0 Å². The summed E-state index contributed by atoms with van der Waals surface area (Å²) in [4.78, 5) is 12.2. The van der Waals surface area contributed by atoms with E-state index in [1.807, 2.05) is 62.4 Å². The fourth-order valence-corrected chi connectivity index (χ4v) is 2.51. The van der Waals surface area contributed by atoms with E-state index in [4.69, 9.17) is 9.84 Å². The van der Waals surface area contributed by atoms with Gasteiger partial charge >= 0.3 is 0 Å². The number of benzene rings is 2. The molecular formula is C21H26O4. The third-order valence-corrected chi connectivity index (χ3v) is 4.31. The molecule has 0 bridgehead atoms. The lowest BCUT2D eigenvalue weighted by molar-refractivity contribution is 0.0533. The zero-order valence-corrected chi connectivity index (χ0v) is 14.8. The van der Waals surface area contributed by atoms with E-state index in [1.54, 1.807) is 0 Å². The van der Waals surface area contributed by atoms with E-state index >= 15 is 0 Å². The maximum Gasteiger partial charge on any atom is 0.165 e. The quantitative estimate of drug-likeness (QED) is 0.687. The Morgan fingerprint density at radius 3 is 2.44 bits per heavy atom. The van der Waals surface area contributed by atoms with Crippen molar-refractivity contribution in [2.24, 2.45) is 5.92 Å². The topological polar surface area (TPSA) is 66.8 Å². The SMILES string of the molecule is CCC(C)C(=O)c1ccc(Cc2ccccc2OCC(O)CO)cc1. The average molecular weight is 342 g/mol. The number of hydrogen-bond donors (Lipinski definition) is 2. The maximum absolute atomic E-state index is 12.2. The molecule has 25 heavy (non-hydrogen) atoms. The molecule has 0 aliphatic rings. The molecule has 0 saturated carbocycles. The molecule has 2 unspecified atom stereocenters. The number of rotatable bonds is 9. The highest BCUT2D eigenvalue weighted by Gasteiger charge is 2.13. The van der Waals surface area contributed by atoms with Gasteiger partial charge in [0.15, 0.2) is 5.78 Å². The van der Waals surface area contributed by atoms with Gasteiger partial charge in [-0.2, -0.15) is 0 Å². The van der Waals surface area contributed by atoms with Crippen LogP contribution in [-0.4, -0.2) is 35.3 Å². The molecule has 2 aromatic carbocycles. The number of ether oxygens (including phenoxy) is 1. The largest absolute Gasteiger partial charge is 0.491 e. The van der Waals surface area contributed by atoms with Crippen LogP contribution in [-0.2, 0) is 6.42 Å². The fraction of sp³-hybridized carbons (Fsp3) is 0.381. The lowest BCUT2D eigenvalue weighted by Gasteiger charge is -2.14. The summed E-state index contributed by atoms with van der Waals surface area (Å²) in [5.41, 5.74) is 2.82. The third kappa shape index (κ3) is 5.41. The molecule has 0 aromatic heterocycles. The van der Waals surface area contributed by atoms with Gasteiger partial charge in [0.1, 0.15) is 18.5 Å². The first-order valence-corrected chi connectivity index (χ1v) is 8.68. The van der Waals surface area contributed by atoms with Crippen molar-refractivity contribution < 1.29 is 19.7 Å². The van der Waals surface area contributed by atoms with Crippen molar-refractivity contribution in [1.29, 1.82) is 0 Å². The normalized spacial score (nSPS) is 13.3. The van der Waals surface area contributed by atoms with Crippen molar-refractivity contribution in [3.63, 3.8) is 0 Å². The Kier molecular flexibility index (Phi) is 7.16. The average Bonchev–Trinajstić information content (AvgIpc) is 2.66. The number of carbonyl (C=O) groups is 1. The Morgan fingerprint density at radius 2 is 1.80 bits per heavy atom. The minimum absolute atomic E-state index is 0.0397. The molecule has 0 amide bonds. The van der Waals surface area contributed by atoms with Crippen LogP contribution in [0.1, 0.15) is 41.8 Å². The number of carbonyl (C=O) groups excluding carboxylic acids is 1. The van der Waals surface area contributed by atoms with Crippen LogP contribution < -0.4 is 4.74 Å². The van der Waals surface area contributed by atoms with E-state index in [0.717, 1.165) is 23.1 Å². The molecule has 134 valence electrons. The molecule has 2 atom stereocenters. The first kappa shape index (κ1) is 19.2. The highest BCUT2D eigenvalue weighted by atomic mass is 16.5. The van der Waals surface area contributed by atoms with Crippen molar-refractivity contribution in [2.45, 2.75) is 32.8 Å². The van der Waals surface area contributed by atoms with E-state index in [-0.39, 0.29) is 24.9 Å². The standard InChI is InChI=1S/C21H26O4/c1-3-15(2)21(24)17-10-8-16(9-11-17)12-18-6-4-5-7-20(18)25-14-19(23)13-22/h4-11,15,19,22-23H,3,12-14H2,1-2H3. The van der Waals surface area contributed by atoms with Gasteiger partial charge in [-0.15, -0.1) is 0 Å². The first-order chi connectivity index (χ1) is 12.0. The lowest BCUT2D eigenvalue weighted by atomic mass is 9.95. The summed E-state index contributed by atoms with van der Waals surface area (Å²) in [5.74, 6) is 0.906. The molecule has 0 saturated heterocycles. The van der Waals surface area contributed by atoms with Gasteiger partial charge in [-0.25, -0.2) is 0 Å². The maximum atomic E-state index is 12.2. The second-order valence-corrected chi connectivity index (χ2v) is 6.30. The van der Waals surface area contributed by atoms with Crippen LogP contribution in [0.2, 0.25) is 0 Å². The Hall–Kier alpha value is -2.17. The van der Waals surface area contributed by atoms with Crippen LogP contribution in [0.4, 0.5) is 0 Å². The summed E-state index contributed by atoms with van der Waals surface area (Å²) in [6, 6.07) is 15.3. The molecule has 0 heterocycles. The van der Waals surface area contributed by atoms with E-state index in [0.29, 0.717) is 12.2 Å². The predicted molar refractivity (Wildman–Crippen MR) is 98.1 cm³/mol. The Labute approximate surface area is 149 Å². The van der Waals surface area contributed by atoms with Crippen molar-refractivity contribution in [2.75, 3.05) is 13.2 Å². The number of para-hydroxylation sites is 1. The molecular weight excluding hydrogens is 316 g/mol. The minimum atomic E-state index is -0.890. The number of aliphatic hydroxyl groups is 2. The highest BCUT2D eigenvalue weighted by Crippen LogP contribution is 2.22. The van der Waals surface area contributed by atoms with Crippen LogP contribution in [0, 0.1) is 5.92 Å². The minimum Gasteiger partial charge on any atom is -0.491 e. The molecule has 0 spiro atoms. The van der Waals surface area contributed by atoms with E-state index in [1.165, 1.54) is 0 Å². The summed E-state index contributed by atoms with van der Waals surface area (Å²) in [5, 5.41) is 18.3. The van der Waals surface area contributed by atoms with Crippen LogP contribution in [0.3, 0.4) is 0 Å². The summed E-state index contributed by atoms with van der Waals surface area (Å²) < 4.78 is 5.61. The highest BCUT2D eigenvalue weighted by molar-refractivity contribution is 5.97. The van der Waals surface area contributed by atoms with Gasteiger partial charge < -0.3 is 14.9 Å². The van der Waals surface area contributed by atoms with Crippen molar-refractivity contribution in [3.8, 4) is 5.75 Å². The molecule has 2 rings (SSSR count). The zero-order valence-electron chi connectivity index (χ0n) is 14.8. The van der Waals surface area contributed by atoms with Gasteiger partial charge in [0.2, 0.25) is 0 Å². The van der Waals surface area contributed by atoms with Crippen molar-refractivity contribution >= 4 is 5.78 Å². The Balaban J connectivity index is 2.08. The molecule has 4 nitrogen and oxygen atoms in total. The van der Waals surface area contributed by atoms with E-state index in [2.05, 4.69) is 0 Å². The summed E-state index contributed by atoms with van der Waals surface area (Å²) in [6.45, 7) is 3.69. The van der Waals surface area contributed by atoms with E-state index < -0.39 is 6.10 Å². The van der Waals surface area contributed by atoms with Crippen LogP contribution in [0.25, 0.3) is 0 Å². The summed E-state index contributed by atoms with van der Waals surface area (Å²) in [6.07, 6.45) is 0.618. The molecule has 0 aliphatic heterocycles. The molecule has 4 heteroatoms. The van der Waals surface area contributed by atoms with Crippen LogP contribution in [0.15, 0.2) is 48.5 Å². The smallest absolute Gasteiger partial charge is 0.165 e. The summed E-state index contributed by atoms with van der Waals surface area (Å²) >= 11 is 0. The Morgan fingerprint density at radius 1 is 1.12 bits per heavy atom. The second-order valence-electron chi connectivity index (χ2n) is 6.30. The van der Waals surface area contributed by atoms with Gasteiger partial charge in [-0.05, 0) is 23.6 Å². The summed E-state index contributed by atoms with van der Waals surface area (Å²) in [7, 11) is 0. The number of Topliss-reactive ketones (excluding diaryl/α,β-unsaturated/α-hetero) is 1. The Bertz CT molecular complexity index is 679. The third-order valence-electron chi connectivity index (χ3n) is 4.31. The van der Waals surface area contributed by atoms with Gasteiger partial charge in [0, 0.05) is 17.9 Å².